The van der Waals surface area contributed by atoms with E-state index < -0.39 is 27.5 Å². The fourth-order valence-electron chi connectivity index (χ4n) is 2.11. The van der Waals surface area contributed by atoms with Gasteiger partial charge in [-0.3, -0.25) is 0 Å². The van der Waals surface area contributed by atoms with Crippen LogP contribution in [-0.4, -0.2) is 50.0 Å². The van der Waals surface area contributed by atoms with Crippen LogP contribution in [0.5, 0.6) is 0 Å². The minimum Gasteiger partial charge on any atom is -0.464 e. The molecule has 0 aromatic heterocycles. The zero-order chi connectivity index (χ0) is 17.3. The van der Waals surface area contributed by atoms with Gasteiger partial charge in [-0.25, -0.2) is 18.0 Å². The number of sulfonamides is 1. The smallest absolute Gasteiger partial charge is 0.340 e. The van der Waals surface area contributed by atoms with Crippen molar-refractivity contribution >= 4 is 44.6 Å². The van der Waals surface area contributed by atoms with E-state index in [-0.39, 0.29) is 24.7 Å². The van der Waals surface area contributed by atoms with Gasteiger partial charge in [-0.15, -0.1) is 0 Å². The van der Waals surface area contributed by atoms with Crippen LogP contribution in [0.15, 0.2) is 29.2 Å². The molecule has 0 saturated carbocycles. The van der Waals surface area contributed by atoms with Gasteiger partial charge < -0.3 is 9.47 Å². The van der Waals surface area contributed by atoms with E-state index in [0.29, 0.717) is 0 Å². The SMILES string of the molecule is CCOC(=O)C1(C(=O)OCC)CN1S(=O)(=O)c1ccc(I)cc1. The number of hydrogen-bond acceptors (Lipinski definition) is 6. The summed E-state index contributed by atoms with van der Waals surface area (Å²) in [6, 6.07) is 6.12. The first kappa shape index (κ1) is 18.1. The average Bonchev–Trinajstić information content (AvgIpc) is 3.26. The topological polar surface area (TPSA) is 89.8 Å². The highest BCUT2D eigenvalue weighted by atomic mass is 127. The molecule has 0 amide bonds. The van der Waals surface area contributed by atoms with Gasteiger partial charge in [0, 0.05) is 3.57 Å². The molecule has 126 valence electrons. The van der Waals surface area contributed by atoms with Crippen LogP contribution in [0.1, 0.15) is 13.8 Å². The van der Waals surface area contributed by atoms with Crippen LogP contribution >= 0.6 is 22.6 Å². The normalized spacial score (nSPS) is 19.0. The third-order valence-corrected chi connectivity index (χ3v) is 5.93. The first-order chi connectivity index (χ1) is 10.8. The molecule has 0 radical (unpaired) electrons. The molecule has 1 aromatic carbocycles. The van der Waals surface area contributed by atoms with E-state index >= 15 is 0 Å². The Bertz CT molecular complexity index is 697. The molecule has 7 nitrogen and oxygen atoms in total. The number of halogens is 1. The van der Waals surface area contributed by atoms with Gasteiger partial charge >= 0.3 is 11.9 Å². The zero-order valence-corrected chi connectivity index (χ0v) is 15.6. The molecule has 0 aliphatic carbocycles. The van der Waals surface area contributed by atoms with Crippen LogP contribution in [0.3, 0.4) is 0 Å². The molecule has 1 saturated heterocycles. The van der Waals surface area contributed by atoms with Crippen molar-refractivity contribution in [2.45, 2.75) is 24.3 Å². The van der Waals surface area contributed by atoms with Gasteiger partial charge in [0.05, 0.1) is 24.7 Å². The Labute approximate surface area is 148 Å². The predicted molar refractivity (Wildman–Crippen MR) is 89.0 cm³/mol. The maximum Gasteiger partial charge on any atom is 0.340 e. The number of esters is 2. The molecule has 1 aliphatic rings. The molecule has 1 aromatic rings. The fourth-order valence-corrected chi connectivity index (χ4v) is 4.12. The van der Waals surface area contributed by atoms with Crippen LogP contribution in [0, 0.1) is 3.57 Å². The lowest BCUT2D eigenvalue weighted by Crippen LogP contribution is -2.42. The van der Waals surface area contributed by atoms with Crippen LogP contribution in [0.25, 0.3) is 0 Å². The second kappa shape index (κ2) is 6.73. The van der Waals surface area contributed by atoms with E-state index in [4.69, 9.17) is 9.47 Å². The molecular formula is C14H16INO6S. The van der Waals surface area contributed by atoms with Crippen molar-refractivity contribution < 1.29 is 27.5 Å². The standard InChI is InChI=1S/C14H16INO6S/c1-3-21-12(17)14(13(18)22-4-2)9-16(14)23(19,20)11-7-5-10(15)6-8-11/h5-8H,3-4,9H2,1-2H3. The molecule has 0 N–H and O–H groups in total. The molecule has 23 heavy (non-hydrogen) atoms. The van der Waals surface area contributed by atoms with E-state index in [2.05, 4.69) is 22.6 Å². The summed E-state index contributed by atoms with van der Waals surface area (Å²) in [6.07, 6.45) is 0. The number of carbonyl (C=O) groups is 2. The van der Waals surface area contributed by atoms with Crippen molar-refractivity contribution in [3.63, 3.8) is 0 Å². The minimum absolute atomic E-state index is 0.00777. The highest BCUT2D eigenvalue weighted by Gasteiger charge is 2.72. The summed E-state index contributed by atoms with van der Waals surface area (Å²) >= 11 is 2.05. The van der Waals surface area contributed by atoms with Gasteiger partial charge in [-0.2, -0.15) is 4.31 Å². The summed E-state index contributed by atoms with van der Waals surface area (Å²) in [5, 5.41) is 0. The van der Waals surface area contributed by atoms with Crippen molar-refractivity contribution in [2.24, 2.45) is 0 Å². The molecule has 2 rings (SSSR count). The number of rotatable bonds is 6. The summed E-state index contributed by atoms with van der Waals surface area (Å²) < 4.78 is 36.7. The first-order valence-electron chi connectivity index (χ1n) is 6.93. The number of ether oxygens (including phenoxy) is 2. The van der Waals surface area contributed by atoms with Gasteiger partial charge in [-0.05, 0) is 60.7 Å². The van der Waals surface area contributed by atoms with Gasteiger partial charge in [0.25, 0.3) is 0 Å². The lowest BCUT2D eigenvalue weighted by molar-refractivity contribution is -0.159. The van der Waals surface area contributed by atoms with Crippen LogP contribution in [0.4, 0.5) is 0 Å². The lowest BCUT2D eigenvalue weighted by Gasteiger charge is -2.15. The summed E-state index contributed by atoms with van der Waals surface area (Å²) in [4.78, 5) is 24.3. The molecule has 9 heteroatoms. The molecule has 1 atom stereocenters. The number of hydrogen-bond donors (Lipinski definition) is 0. The van der Waals surface area contributed by atoms with E-state index in [1.807, 2.05) is 0 Å². The minimum atomic E-state index is -3.99. The number of benzene rings is 1. The third-order valence-electron chi connectivity index (χ3n) is 3.32. The Morgan fingerprint density at radius 2 is 1.61 bits per heavy atom. The molecule has 0 bridgehead atoms. The van der Waals surface area contributed by atoms with Gasteiger partial charge in [0.1, 0.15) is 0 Å². The first-order valence-corrected chi connectivity index (χ1v) is 9.45. The van der Waals surface area contributed by atoms with E-state index in [0.717, 1.165) is 7.88 Å². The quantitative estimate of drug-likeness (QED) is 0.278. The van der Waals surface area contributed by atoms with E-state index in [9.17, 15) is 18.0 Å². The highest BCUT2D eigenvalue weighted by molar-refractivity contribution is 14.1. The van der Waals surface area contributed by atoms with Crippen molar-refractivity contribution in [3.8, 4) is 0 Å². The Kier molecular flexibility index (Phi) is 5.31. The highest BCUT2D eigenvalue weighted by Crippen LogP contribution is 2.41. The molecule has 1 aliphatic heterocycles. The lowest BCUT2D eigenvalue weighted by atomic mass is 10.1. The summed E-state index contributed by atoms with van der Waals surface area (Å²) in [5.74, 6) is -1.82. The van der Waals surface area contributed by atoms with Gasteiger partial charge in [0.2, 0.25) is 15.6 Å². The Morgan fingerprint density at radius 3 is 2.04 bits per heavy atom. The van der Waals surface area contributed by atoms with Crippen LogP contribution in [-0.2, 0) is 29.1 Å². The summed E-state index contributed by atoms with van der Waals surface area (Å²) in [7, 11) is -3.99. The average molecular weight is 453 g/mol. The summed E-state index contributed by atoms with van der Waals surface area (Å²) in [6.45, 7) is 2.96. The molecular weight excluding hydrogens is 437 g/mol. The molecule has 0 spiro atoms. The monoisotopic (exact) mass is 453 g/mol. The second-order valence-corrected chi connectivity index (χ2v) is 7.87. The third kappa shape index (κ3) is 3.22. The van der Waals surface area contributed by atoms with Crippen molar-refractivity contribution in [1.82, 2.24) is 4.31 Å². The van der Waals surface area contributed by atoms with Crippen molar-refractivity contribution in [3.05, 3.63) is 27.8 Å². The maximum atomic E-state index is 12.6. The van der Waals surface area contributed by atoms with Crippen molar-refractivity contribution in [2.75, 3.05) is 19.8 Å². The maximum absolute atomic E-state index is 12.6. The largest absolute Gasteiger partial charge is 0.464 e. The predicted octanol–water partition coefficient (Wildman–Crippen LogP) is 1.16. The van der Waals surface area contributed by atoms with Crippen LogP contribution in [0.2, 0.25) is 0 Å². The summed E-state index contributed by atoms with van der Waals surface area (Å²) in [5.41, 5.74) is -1.91. The van der Waals surface area contributed by atoms with E-state index in [1.54, 1.807) is 26.0 Å². The van der Waals surface area contributed by atoms with Gasteiger partial charge in [-0.1, -0.05) is 0 Å². The Balaban J connectivity index is 2.37. The fraction of sp³-hybridized carbons (Fsp3) is 0.429. The number of nitrogens with zero attached hydrogens (tertiary/aromatic N) is 1. The Hall–Kier alpha value is -1.20. The van der Waals surface area contributed by atoms with Crippen LogP contribution < -0.4 is 0 Å². The van der Waals surface area contributed by atoms with Crippen molar-refractivity contribution in [1.29, 1.82) is 0 Å². The van der Waals surface area contributed by atoms with Gasteiger partial charge in [0.15, 0.2) is 0 Å². The molecule has 1 unspecified atom stereocenters. The zero-order valence-electron chi connectivity index (χ0n) is 12.6. The Morgan fingerprint density at radius 1 is 1.13 bits per heavy atom. The van der Waals surface area contributed by atoms with E-state index in [1.165, 1.54) is 12.1 Å². The second-order valence-electron chi connectivity index (χ2n) is 4.77. The number of carbonyl (C=O) groups excluding carboxylic acids is 2. The molecule has 1 fully saturated rings. The molecule has 1 heterocycles.